The van der Waals surface area contributed by atoms with E-state index in [9.17, 15) is 19.8 Å². The number of nitrogens with zero attached hydrogens (tertiary/aromatic N) is 5. The van der Waals surface area contributed by atoms with E-state index in [-0.39, 0.29) is 23.7 Å². The number of likely N-dealkylation sites (N-methyl/N-ethyl adjacent to an activating group) is 1. The molecule has 9 nitrogen and oxygen atoms in total. The predicted octanol–water partition coefficient (Wildman–Crippen LogP) is 12.6. The van der Waals surface area contributed by atoms with Crippen molar-refractivity contribution in [3.8, 4) is 0 Å². The van der Waals surface area contributed by atoms with Gasteiger partial charge in [0.1, 0.15) is 6.54 Å². The summed E-state index contributed by atoms with van der Waals surface area (Å²) < 4.78 is 2.55. The fraction of sp³-hybridized carbons (Fsp3) is 0.500. The quantitative estimate of drug-likeness (QED) is 0.0799. The van der Waals surface area contributed by atoms with Gasteiger partial charge in [0.25, 0.3) is 0 Å². The van der Waals surface area contributed by atoms with E-state index in [0.29, 0.717) is 18.9 Å². The first-order valence-corrected chi connectivity index (χ1v) is 27.1. The topological polar surface area (TPSA) is 90.6 Å². The summed E-state index contributed by atoms with van der Waals surface area (Å²) in [6, 6.07) is 23.6. The van der Waals surface area contributed by atoms with Gasteiger partial charge >= 0.3 is 11.9 Å². The molecule has 4 aromatic rings. The first kappa shape index (κ1) is 50.4. The third-order valence-corrected chi connectivity index (χ3v) is 16.6. The van der Waals surface area contributed by atoms with Crippen LogP contribution in [0, 0.1) is 13.8 Å². The molecule has 0 radical (unpaired) electrons. The average molecular weight is 959 g/mol. The summed E-state index contributed by atoms with van der Waals surface area (Å²) >= 11 is 0. The first-order valence-electron chi connectivity index (χ1n) is 27.1. The molecule has 71 heavy (non-hydrogen) atoms. The molecule has 5 aliphatic rings. The molecule has 0 aromatic heterocycles. The van der Waals surface area contributed by atoms with Crippen LogP contribution in [0.4, 0.5) is 11.4 Å². The van der Waals surface area contributed by atoms with E-state index in [2.05, 4.69) is 158 Å². The lowest BCUT2D eigenvalue weighted by Gasteiger charge is -2.44. The predicted molar refractivity (Wildman–Crippen MR) is 293 cm³/mol. The van der Waals surface area contributed by atoms with Crippen molar-refractivity contribution >= 4 is 50.6 Å². The highest BCUT2D eigenvalue weighted by atomic mass is 16.4. The van der Waals surface area contributed by atoms with E-state index in [1.54, 1.807) is 0 Å². The Bertz CT molecular complexity index is 2830. The van der Waals surface area contributed by atoms with Gasteiger partial charge in [-0.05, 0) is 136 Å². The minimum atomic E-state index is -0.723. The molecule has 4 heterocycles. The second-order valence-corrected chi connectivity index (χ2v) is 22.7. The molecule has 376 valence electrons. The van der Waals surface area contributed by atoms with Crippen molar-refractivity contribution in [2.24, 2.45) is 0 Å². The van der Waals surface area contributed by atoms with Crippen LogP contribution in [0.15, 0.2) is 108 Å². The molecule has 1 saturated heterocycles. The number of hydrogen-bond donors (Lipinski definition) is 2. The van der Waals surface area contributed by atoms with E-state index in [4.69, 9.17) is 0 Å². The minimum Gasteiger partial charge on any atom is -0.481 e. The Morgan fingerprint density at radius 1 is 0.690 bits per heavy atom. The van der Waals surface area contributed by atoms with Gasteiger partial charge in [-0.1, -0.05) is 99.2 Å². The summed E-state index contributed by atoms with van der Waals surface area (Å²) in [5.41, 5.74) is 13.9. The van der Waals surface area contributed by atoms with E-state index >= 15 is 0 Å². The van der Waals surface area contributed by atoms with Crippen LogP contribution >= 0.6 is 0 Å². The van der Waals surface area contributed by atoms with Gasteiger partial charge in [0.2, 0.25) is 5.69 Å². The number of rotatable bonds is 17. The van der Waals surface area contributed by atoms with Crippen LogP contribution < -0.4 is 4.90 Å². The van der Waals surface area contributed by atoms with Crippen molar-refractivity contribution in [3.63, 3.8) is 0 Å². The van der Waals surface area contributed by atoms with E-state index < -0.39 is 11.9 Å². The van der Waals surface area contributed by atoms with E-state index in [1.165, 1.54) is 116 Å². The molecule has 0 unspecified atom stereocenters. The highest BCUT2D eigenvalue weighted by molar-refractivity contribution is 6.08. The molecular weight excluding hydrogens is 879 g/mol. The fourth-order valence-electron chi connectivity index (χ4n) is 13.1. The Balaban J connectivity index is 1.13. The number of allylic oxidation sites excluding steroid dienone is 4. The van der Waals surface area contributed by atoms with Crippen molar-refractivity contribution in [2.75, 3.05) is 64.3 Å². The number of benzene rings is 4. The number of aryl methyl sites for hydroxylation is 2. The minimum absolute atomic E-state index is 0.210. The van der Waals surface area contributed by atoms with Crippen LogP contribution in [0.5, 0.6) is 0 Å². The van der Waals surface area contributed by atoms with E-state index in [0.717, 1.165) is 78.0 Å². The summed E-state index contributed by atoms with van der Waals surface area (Å²) in [4.78, 5) is 33.4. The van der Waals surface area contributed by atoms with Gasteiger partial charge in [0, 0.05) is 111 Å². The number of carboxylic acids is 2. The van der Waals surface area contributed by atoms with Crippen LogP contribution in [-0.4, -0.2) is 113 Å². The number of piperazine rings is 1. The maximum atomic E-state index is 11.4. The molecule has 4 aliphatic heterocycles. The summed E-state index contributed by atoms with van der Waals surface area (Å²) in [6.07, 6.45) is 21.9. The maximum absolute atomic E-state index is 11.4. The average Bonchev–Trinajstić information content (AvgIpc) is 3.69. The van der Waals surface area contributed by atoms with Crippen molar-refractivity contribution in [3.05, 3.63) is 130 Å². The molecule has 0 amide bonds. The Kier molecular flexibility index (Phi) is 15.1. The van der Waals surface area contributed by atoms with Crippen LogP contribution in [0.25, 0.3) is 21.5 Å². The molecule has 9 rings (SSSR count). The van der Waals surface area contributed by atoms with E-state index in [1.807, 2.05) is 0 Å². The Labute approximate surface area is 423 Å². The zero-order valence-corrected chi connectivity index (χ0v) is 44.0. The van der Waals surface area contributed by atoms with Crippen LogP contribution in [0.2, 0.25) is 0 Å². The van der Waals surface area contributed by atoms with Gasteiger partial charge < -0.3 is 20.0 Å². The summed E-state index contributed by atoms with van der Waals surface area (Å²) in [7, 11) is 2.26. The fourth-order valence-corrected chi connectivity index (χ4v) is 13.1. The van der Waals surface area contributed by atoms with Gasteiger partial charge in [0.05, 0.1) is 5.41 Å². The van der Waals surface area contributed by atoms with Gasteiger partial charge in [-0.25, -0.2) is 0 Å². The zero-order chi connectivity index (χ0) is 50.0. The van der Waals surface area contributed by atoms with Gasteiger partial charge in [0.15, 0.2) is 5.71 Å². The molecule has 1 aliphatic carbocycles. The van der Waals surface area contributed by atoms with Crippen LogP contribution in [0.3, 0.4) is 0 Å². The summed E-state index contributed by atoms with van der Waals surface area (Å²) in [5.74, 6) is -1.45. The number of fused-ring (bicyclic) bond motifs is 6. The number of carboxylic acid groups (broad SMARTS) is 2. The third kappa shape index (κ3) is 10.6. The number of hydrogen-bond acceptors (Lipinski definition) is 6. The number of carbonyl (C=O) groups is 2. The number of anilines is 1. The molecule has 0 spiro atoms. The monoisotopic (exact) mass is 959 g/mol. The second kappa shape index (κ2) is 21.3. The molecule has 0 atom stereocenters. The molecule has 2 fully saturated rings. The number of aliphatic carboxylic acids is 2. The normalized spacial score (nSPS) is 20.9. The highest BCUT2D eigenvalue weighted by Crippen LogP contribution is 2.51. The summed E-state index contributed by atoms with van der Waals surface area (Å²) in [5, 5.41) is 24.0. The lowest BCUT2D eigenvalue weighted by Crippen LogP contribution is -2.51. The zero-order valence-electron chi connectivity index (χ0n) is 44.0. The summed E-state index contributed by atoms with van der Waals surface area (Å²) in [6.45, 7) is 21.5. The first-order chi connectivity index (χ1) is 34.1. The maximum Gasteiger partial charge on any atom is 0.303 e. The number of unbranched alkanes of at least 4 members (excludes halogenated alkanes) is 4. The molecule has 0 bridgehead atoms. The second-order valence-electron chi connectivity index (χ2n) is 22.7. The van der Waals surface area contributed by atoms with Crippen molar-refractivity contribution in [2.45, 2.75) is 142 Å². The Morgan fingerprint density at radius 3 is 1.99 bits per heavy atom. The largest absolute Gasteiger partial charge is 0.481 e. The lowest BCUT2D eigenvalue weighted by molar-refractivity contribution is -0.438. The molecule has 1 saturated carbocycles. The SMILES string of the molecule is Cc1ccc2c3c(ccc2c1)[N+](CCCCCC(=O)O)=C(/C=C/C1=C(N2CCN(C4CCCCC4)CC2)C(=C/C=C2/N(CCCCCC(=O)O)c4ccc5cc(C)ccc5c4C2(C)C)/CN(C)C1)C3(C)C. The van der Waals surface area contributed by atoms with Gasteiger partial charge in [-0.2, -0.15) is 4.58 Å². The smallest absolute Gasteiger partial charge is 0.303 e. The third-order valence-electron chi connectivity index (χ3n) is 16.6. The van der Waals surface area contributed by atoms with Crippen LogP contribution in [-0.2, 0) is 20.4 Å². The van der Waals surface area contributed by atoms with Crippen LogP contribution in [0.1, 0.15) is 133 Å². The van der Waals surface area contributed by atoms with Crippen molar-refractivity contribution < 1.29 is 24.4 Å². The Morgan fingerprint density at radius 2 is 1.32 bits per heavy atom. The van der Waals surface area contributed by atoms with Gasteiger partial charge in [-0.3, -0.25) is 19.4 Å². The Hall–Kier alpha value is -5.51. The molecule has 4 aromatic carbocycles. The van der Waals surface area contributed by atoms with Crippen molar-refractivity contribution in [1.29, 1.82) is 0 Å². The highest BCUT2D eigenvalue weighted by Gasteiger charge is 2.46. The van der Waals surface area contributed by atoms with Crippen molar-refractivity contribution in [1.82, 2.24) is 14.7 Å². The molecule has 9 heteroatoms. The lowest BCUT2D eigenvalue weighted by atomic mass is 9.78. The molecule has 2 N–H and O–H groups in total. The standard InChI is InChI=1S/C62H79N5O4/c1-43-21-27-50-45(39-43)23-29-52-58(50)61(3,4)54(66(52)33-15-9-13-19-56(68)69)31-25-47-41-63(7)42-48(60(47)65-37-35-64(36-38-65)49-17-11-8-12-18-49)26-32-55-62(5,6)59-51-28-22-44(2)40-46(51)24-30-53(59)67(55)34-16-10-14-20-57(70)71/h21-32,39-40,49H,8-20,33-38,41-42H2,1-7H3,(H-,68,69,70,71)/p+1. The molecular formula is C62H80N5O4+. The van der Waals surface area contributed by atoms with Gasteiger partial charge in [-0.15, -0.1) is 0 Å².